The van der Waals surface area contributed by atoms with Crippen molar-refractivity contribution in [2.24, 2.45) is 0 Å². The summed E-state index contributed by atoms with van der Waals surface area (Å²) in [5.74, 6) is -2.77. The van der Waals surface area contributed by atoms with E-state index in [9.17, 15) is 17.2 Å². The molecule has 2 N–H and O–H groups in total. The molecular formula is C17H14ClF2N3O3S. The van der Waals surface area contributed by atoms with Crippen LogP contribution in [0.2, 0.25) is 5.02 Å². The van der Waals surface area contributed by atoms with Crippen LogP contribution in [0.25, 0.3) is 17.0 Å². The second-order valence-electron chi connectivity index (χ2n) is 5.50. The van der Waals surface area contributed by atoms with Crippen molar-refractivity contribution in [1.29, 1.82) is 0 Å². The number of anilines is 1. The number of nitrogens with one attached hydrogen (secondary N) is 2. The predicted octanol–water partition coefficient (Wildman–Crippen LogP) is 3.95. The third-order valence-electron chi connectivity index (χ3n) is 3.64. The van der Waals surface area contributed by atoms with Gasteiger partial charge in [-0.1, -0.05) is 23.8 Å². The van der Waals surface area contributed by atoms with Crippen LogP contribution in [0.5, 0.6) is 0 Å². The number of benzene rings is 1. The van der Waals surface area contributed by atoms with Gasteiger partial charge in [0, 0.05) is 34.8 Å². The molecule has 0 saturated heterocycles. The standard InChI is InChI=1S/C17H14ClF2N3O3S/c1-26-6-2-3-10-7-13(19)17(22-16(10)20)23-27(24,25)15-9-21-14-8-11(18)4-5-12(14)15/h2-5,7-9,21H,6H2,1H3,(H,22,23)/b3-2+. The minimum absolute atomic E-state index is 0.130. The van der Waals surface area contributed by atoms with Crippen LogP contribution in [-0.4, -0.2) is 32.1 Å². The van der Waals surface area contributed by atoms with E-state index in [0.717, 1.165) is 6.07 Å². The number of methoxy groups -OCH3 is 1. The van der Waals surface area contributed by atoms with Crippen molar-refractivity contribution in [1.82, 2.24) is 9.97 Å². The summed E-state index contributed by atoms with van der Waals surface area (Å²) < 4.78 is 60.2. The molecule has 0 spiro atoms. The summed E-state index contributed by atoms with van der Waals surface area (Å²) in [4.78, 5) is 6.02. The Morgan fingerprint density at radius 3 is 2.85 bits per heavy atom. The summed E-state index contributed by atoms with van der Waals surface area (Å²) in [6.07, 6.45) is 4.00. The molecule has 0 bridgehead atoms. The Balaban J connectivity index is 1.94. The van der Waals surface area contributed by atoms with E-state index >= 15 is 0 Å². The minimum atomic E-state index is -4.21. The summed E-state index contributed by atoms with van der Waals surface area (Å²) in [5.41, 5.74) is 0.357. The average Bonchev–Trinajstić information content (AvgIpc) is 3.03. The molecule has 0 fully saturated rings. The molecule has 6 nitrogen and oxygen atoms in total. The highest BCUT2D eigenvalue weighted by molar-refractivity contribution is 7.93. The van der Waals surface area contributed by atoms with Gasteiger partial charge < -0.3 is 9.72 Å². The summed E-state index contributed by atoms with van der Waals surface area (Å²) in [7, 11) is -2.76. The number of nitrogens with zero attached hydrogens (tertiary/aromatic N) is 1. The number of pyridine rings is 1. The zero-order chi connectivity index (χ0) is 19.6. The highest BCUT2D eigenvalue weighted by Gasteiger charge is 2.22. The van der Waals surface area contributed by atoms with Gasteiger partial charge in [0.2, 0.25) is 5.95 Å². The molecule has 0 atom stereocenters. The molecule has 3 aromatic rings. The van der Waals surface area contributed by atoms with Gasteiger partial charge in [-0.05, 0) is 24.3 Å². The van der Waals surface area contributed by atoms with Crippen LogP contribution in [-0.2, 0) is 14.8 Å². The first-order valence-corrected chi connectivity index (χ1v) is 9.49. The Labute approximate surface area is 158 Å². The van der Waals surface area contributed by atoms with Crippen LogP contribution >= 0.6 is 11.6 Å². The highest BCUT2D eigenvalue weighted by Crippen LogP contribution is 2.27. The molecule has 0 saturated carbocycles. The zero-order valence-electron chi connectivity index (χ0n) is 14.0. The molecule has 10 heteroatoms. The summed E-state index contributed by atoms with van der Waals surface area (Å²) in [5, 5.41) is 0.778. The molecule has 2 heterocycles. The average molecular weight is 414 g/mol. The Hall–Kier alpha value is -2.49. The lowest BCUT2D eigenvalue weighted by Crippen LogP contribution is -2.15. The molecule has 1 aromatic carbocycles. The number of aromatic nitrogens is 2. The number of sulfonamides is 1. The van der Waals surface area contributed by atoms with Crippen molar-refractivity contribution < 1.29 is 21.9 Å². The number of H-pyrrole nitrogens is 1. The van der Waals surface area contributed by atoms with Gasteiger partial charge >= 0.3 is 0 Å². The van der Waals surface area contributed by atoms with Crippen molar-refractivity contribution in [3.8, 4) is 0 Å². The van der Waals surface area contributed by atoms with Crippen LogP contribution in [0.1, 0.15) is 5.56 Å². The molecule has 142 valence electrons. The molecule has 0 amide bonds. The van der Waals surface area contributed by atoms with Gasteiger partial charge in [-0.2, -0.15) is 9.37 Å². The fourth-order valence-electron chi connectivity index (χ4n) is 2.42. The molecular weight excluding hydrogens is 400 g/mol. The van der Waals surface area contributed by atoms with E-state index in [0.29, 0.717) is 15.9 Å². The fourth-order valence-corrected chi connectivity index (χ4v) is 3.78. The third-order valence-corrected chi connectivity index (χ3v) is 5.26. The minimum Gasteiger partial charge on any atom is -0.381 e. The van der Waals surface area contributed by atoms with Gasteiger partial charge in [-0.3, -0.25) is 4.72 Å². The molecule has 0 aliphatic carbocycles. The van der Waals surface area contributed by atoms with E-state index in [2.05, 4.69) is 9.97 Å². The van der Waals surface area contributed by atoms with Gasteiger partial charge in [0.15, 0.2) is 11.6 Å². The molecule has 0 aliphatic heterocycles. The zero-order valence-corrected chi connectivity index (χ0v) is 15.5. The number of hydrogen-bond donors (Lipinski definition) is 2. The second kappa shape index (κ2) is 7.63. The van der Waals surface area contributed by atoms with Gasteiger partial charge in [0.25, 0.3) is 10.0 Å². The van der Waals surface area contributed by atoms with E-state index < -0.39 is 27.6 Å². The lowest BCUT2D eigenvalue weighted by atomic mass is 10.2. The molecule has 0 radical (unpaired) electrons. The van der Waals surface area contributed by atoms with Crippen LogP contribution in [0, 0.1) is 11.8 Å². The number of rotatable bonds is 6. The maximum absolute atomic E-state index is 14.2. The van der Waals surface area contributed by atoms with Gasteiger partial charge in [0.1, 0.15) is 4.90 Å². The molecule has 3 rings (SSSR count). The van der Waals surface area contributed by atoms with Crippen LogP contribution in [0.15, 0.2) is 41.4 Å². The SMILES string of the molecule is COC/C=C/c1cc(F)c(NS(=O)(=O)c2c[nH]c3cc(Cl)ccc23)nc1F. The van der Waals surface area contributed by atoms with Gasteiger partial charge in [-0.15, -0.1) is 0 Å². The normalized spacial score (nSPS) is 12.1. The summed E-state index contributed by atoms with van der Waals surface area (Å²) in [6.45, 7) is 0.208. The van der Waals surface area contributed by atoms with E-state index in [-0.39, 0.29) is 17.1 Å². The maximum atomic E-state index is 14.2. The van der Waals surface area contributed by atoms with Crippen LogP contribution < -0.4 is 4.72 Å². The first-order chi connectivity index (χ1) is 12.8. The van der Waals surface area contributed by atoms with Crippen molar-refractivity contribution in [3.05, 3.63) is 58.9 Å². The maximum Gasteiger partial charge on any atom is 0.265 e. The van der Waals surface area contributed by atoms with E-state index in [1.807, 2.05) is 4.72 Å². The lowest BCUT2D eigenvalue weighted by molar-refractivity contribution is 0.234. The monoisotopic (exact) mass is 413 g/mol. The third kappa shape index (κ3) is 4.10. The second-order valence-corrected chi connectivity index (χ2v) is 7.59. The van der Waals surface area contributed by atoms with Crippen LogP contribution in [0.3, 0.4) is 0 Å². The first kappa shape index (κ1) is 19.3. The van der Waals surface area contributed by atoms with Gasteiger partial charge in [0.05, 0.1) is 6.61 Å². The fraction of sp³-hybridized carbons (Fsp3) is 0.118. The van der Waals surface area contributed by atoms with Crippen molar-refractivity contribution in [2.75, 3.05) is 18.4 Å². The first-order valence-electron chi connectivity index (χ1n) is 7.63. The Kier molecular flexibility index (Phi) is 5.45. The van der Waals surface area contributed by atoms with Crippen molar-refractivity contribution in [3.63, 3.8) is 0 Å². The summed E-state index contributed by atoms with van der Waals surface area (Å²) >= 11 is 5.87. The van der Waals surface area contributed by atoms with Gasteiger partial charge in [-0.25, -0.2) is 12.8 Å². The summed E-state index contributed by atoms with van der Waals surface area (Å²) in [6, 6.07) is 5.43. The van der Waals surface area contributed by atoms with E-state index in [1.54, 1.807) is 6.07 Å². The highest BCUT2D eigenvalue weighted by atomic mass is 35.5. The van der Waals surface area contributed by atoms with Crippen molar-refractivity contribution in [2.45, 2.75) is 4.90 Å². The molecule has 27 heavy (non-hydrogen) atoms. The van der Waals surface area contributed by atoms with Crippen LogP contribution in [0.4, 0.5) is 14.6 Å². The largest absolute Gasteiger partial charge is 0.381 e. The predicted molar refractivity (Wildman–Crippen MR) is 99.2 cm³/mol. The van der Waals surface area contributed by atoms with E-state index in [1.165, 1.54) is 37.6 Å². The van der Waals surface area contributed by atoms with Crippen molar-refractivity contribution >= 4 is 44.4 Å². The topological polar surface area (TPSA) is 84.1 Å². The molecule has 2 aromatic heterocycles. The molecule has 0 aliphatic rings. The Morgan fingerprint density at radius 2 is 2.11 bits per heavy atom. The quantitative estimate of drug-likeness (QED) is 0.599. The number of halogens is 3. The number of fused-ring (bicyclic) bond motifs is 1. The smallest absolute Gasteiger partial charge is 0.265 e. The lowest BCUT2D eigenvalue weighted by Gasteiger charge is -2.08. The van der Waals surface area contributed by atoms with E-state index in [4.69, 9.17) is 16.3 Å². The number of hydrogen-bond acceptors (Lipinski definition) is 4. The number of aromatic amines is 1. The number of ether oxygens (including phenoxy) is 1. The Bertz CT molecular complexity index is 1130. The molecule has 0 unspecified atom stereocenters. The Morgan fingerprint density at radius 1 is 1.33 bits per heavy atom.